The molecule has 0 bridgehead atoms. The van der Waals surface area contributed by atoms with Gasteiger partial charge in [0.05, 0.1) is 0 Å². The smallest absolute Gasteiger partial charge is 0.0346 e. The monoisotopic (exact) mass is 254 g/mol. The van der Waals surface area contributed by atoms with Crippen LogP contribution < -0.4 is 5.32 Å². The van der Waals surface area contributed by atoms with E-state index >= 15 is 0 Å². The van der Waals surface area contributed by atoms with Crippen LogP contribution in [-0.2, 0) is 6.54 Å². The molecule has 0 fully saturated rings. The van der Waals surface area contributed by atoms with E-state index in [0.717, 1.165) is 13.1 Å². The van der Waals surface area contributed by atoms with Crippen molar-refractivity contribution in [1.29, 1.82) is 0 Å². The predicted molar refractivity (Wildman–Crippen MR) is 81.3 cm³/mol. The van der Waals surface area contributed by atoms with Crippen molar-refractivity contribution in [2.24, 2.45) is 0 Å². The molecule has 0 aliphatic carbocycles. The van der Waals surface area contributed by atoms with E-state index in [-0.39, 0.29) is 0 Å². The minimum Gasteiger partial charge on any atom is -0.313 e. The molecule has 1 aromatic heterocycles. The van der Waals surface area contributed by atoms with Gasteiger partial charge < -0.3 is 5.32 Å². The Labute approximate surface area is 115 Å². The summed E-state index contributed by atoms with van der Waals surface area (Å²) in [6.45, 7) is 10.5. The first-order valence-electron chi connectivity index (χ1n) is 6.84. The van der Waals surface area contributed by atoms with E-state index in [2.05, 4.69) is 56.2 Å². The molecule has 0 saturated carbocycles. The lowest BCUT2D eigenvalue weighted by Crippen LogP contribution is -2.11. The Kier molecular flexibility index (Phi) is 4.33. The summed E-state index contributed by atoms with van der Waals surface area (Å²) in [4.78, 5) is 4.37. The number of aryl methyl sites for hydroxylation is 3. The zero-order chi connectivity index (χ0) is 13.8. The maximum absolute atomic E-state index is 4.37. The van der Waals surface area contributed by atoms with Crippen LogP contribution in [0.25, 0.3) is 11.1 Å². The van der Waals surface area contributed by atoms with Crippen LogP contribution >= 0.6 is 0 Å². The molecule has 0 aliphatic rings. The minimum absolute atomic E-state index is 0.876. The Hall–Kier alpha value is -1.67. The van der Waals surface area contributed by atoms with Crippen molar-refractivity contribution in [3.63, 3.8) is 0 Å². The summed E-state index contributed by atoms with van der Waals surface area (Å²) in [5.74, 6) is 0. The molecule has 0 aliphatic heterocycles. The summed E-state index contributed by atoms with van der Waals surface area (Å²) in [6, 6.07) is 6.74. The molecule has 2 rings (SSSR count). The van der Waals surface area contributed by atoms with E-state index in [0.29, 0.717) is 0 Å². The Balaban J connectivity index is 2.38. The van der Waals surface area contributed by atoms with Crippen LogP contribution in [0, 0.1) is 20.8 Å². The maximum Gasteiger partial charge on any atom is 0.0346 e. The second kappa shape index (κ2) is 5.98. The van der Waals surface area contributed by atoms with Gasteiger partial charge >= 0.3 is 0 Å². The van der Waals surface area contributed by atoms with Crippen molar-refractivity contribution in [2.45, 2.75) is 34.2 Å². The van der Waals surface area contributed by atoms with Crippen LogP contribution in [0.2, 0.25) is 0 Å². The molecule has 2 heteroatoms. The molecular weight excluding hydrogens is 232 g/mol. The molecule has 0 unspecified atom stereocenters. The van der Waals surface area contributed by atoms with Crippen LogP contribution in [0.3, 0.4) is 0 Å². The Morgan fingerprint density at radius 2 is 1.68 bits per heavy atom. The zero-order valence-corrected chi connectivity index (χ0v) is 12.2. The van der Waals surface area contributed by atoms with Gasteiger partial charge in [0, 0.05) is 24.5 Å². The van der Waals surface area contributed by atoms with Gasteiger partial charge in [0.25, 0.3) is 0 Å². The average Bonchev–Trinajstić information content (AvgIpc) is 2.41. The van der Waals surface area contributed by atoms with Crippen LogP contribution in [0.1, 0.15) is 29.2 Å². The molecule has 0 spiro atoms. The standard InChI is InChI=1S/C17H22N2/c1-5-18-9-15-8-16(11-19-10-15)17-7-13(3)12(2)6-14(17)4/h6-8,10-11,18H,5,9H2,1-4H3. The topological polar surface area (TPSA) is 24.9 Å². The summed E-state index contributed by atoms with van der Waals surface area (Å²) in [5, 5.41) is 3.34. The Bertz CT molecular complexity index is 573. The number of aromatic nitrogens is 1. The van der Waals surface area contributed by atoms with Crippen LogP contribution in [0.4, 0.5) is 0 Å². The first-order valence-corrected chi connectivity index (χ1v) is 6.84. The van der Waals surface area contributed by atoms with Gasteiger partial charge in [0.2, 0.25) is 0 Å². The molecule has 2 aromatic rings. The third kappa shape index (κ3) is 3.21. The fourth-order valence-electron chi connectivity index (χ4n) is 2.27. The highest BCUT2D eigenvalue weighted by Gasteiger charge is 2.06. The molecule has 2 nitrogen and oxygen atoms in total. The summed E-state index contributed by atoms with van der Waals surface area (Å²) < 4.78 is 0. The van der Waals surface area contributed by atoms with Crippen molar-refractivity contribution < 1.29 is 0 Å². The second-order valence-electron chi connectivity index (χ2n) is 5.11. The summed E-state index contributed by atoms with van der Waals surface area (Å²) in [7, 11) is 0. The van der Waals surface area contributed by atoms with E-state index in [9.17, 15) is 0 Å². The fourth-order valence-corrected chi connectivity index (χ4v) is 2.27. The Morgan fingerprint density at radius 3 is 2.42 bits per heavy atom. The summed E-state index contributed by atoms with van der Waals surface area (Å²) >= 11 is 0. The van der Waals surface area contributed by atoms with Gasteiger partial charge in [0.1, 0.15) is 0 Å². The van der Waals surface area contributed by atoms with E-state index in [1.54, 1.807) is 0 Å². The van der Waals surface area contributed by atoms with Crippen molar-refractivity contribution in [3.05, 3.63) is 52.8 Å². The van der Waals surface area contributed by atoms with Crippen molar-refractivity contribution >= 4 is 0 Å². The third-order valence-corrected chi connectivity index (χ3v) is 3.53. The predicted octanol–water partition coefficient (Wildman–Crippen LogP) is 3.78. The molecule has 0 amide bonds. The number of nitrogens with one attached hydrogen (secondary N) is 1. The molecule has 1 heterocycles. The third-order valence-electron chi connectivity index (χ3n) is 3.53. The lowest BCUT2D eigenvalue weighted by molar-refractivity contribution is 0.724. The summed E-state index contributed by atoms with van der Waals surface area (Å²) in [5.41, 5.74) is 7.71. The first kappa shape index (κ1) is 13.8. The van der Waals surface area contributed by atoms with Gasteiger partial charge in [-0.1, -0.05) is 19.1 Å². The van der Waals surface area contributed by atoms with Gasteiger partial charge in [-0.05, 0) is 61.2 Å². The average molecular weight is 254 g/mol. The molecule has 1 N–H and O–H groups in total. The molecule has 0 saturated heterocycles. The lowest BCUT2D eigenvalue weighted by Gasteiger charge is -2.11. The van der Waals surface area contributed by atoms with Gasteiger partial charge in [-0.2, -0.15) is 0 Å². The molecule has 100 valence electrons. The van der Waals surface area contributed by atoms with E-state index < -0.39 is 0 Å². The normalized spacial score (nSPS) is 10.7. The Morgan fingerprint density at radius 1 is 0.947 bits per heavy atom. The number of hydrogen-bond donors (Lipinski definition) is 1. The zero-order valence-electron chi connectivity index (χ0n) is 12.2. The number of rotatable bonds is 4. The van der Waals surface area contributed by atoms with Crippen molar-refractivity contribution in [1.82, 2.24) is 10.3 Å². The van der Waals surface area contributed by atoms with Crippen molar-refractivity contribution in [3.8, 4) is 11.1 Å². The lowest BCUT2D eigenvalue weighted by atomic mass is 9.96. The van der Waals surface area contributed by atoms with Crippen molar-refractivity contribution in [2.75, 3.05) is 6.54 Å². The van der Waals surface area contributed by atoms with E-state index in [4.69, 9.17) is 0 Å². The van der Waals surface area contributed by atoms with Gasteiger partial charge in [-0.15, -0.1) is 0 Å². The summed E-state index contributed by atoms with van der Waals surface area (Å²) in [6.07, 6.45) is 3.88. The van der Waals surface area contributed by atoms with Gasteiger partial charge in [-0.3, -0.25) is 4.98 Å². The molecule has 1 aromatic carbocycles. The number of benzene rings is 1. The minimum atomic E-state index is 0.876. The van der Waals surface area contributed by atoms with Crippen LogP contribution in [-0.4, -0.2) is 11.5 Å². The highest BCUT2D eigenvalue weighted by Crippen LogP contribution is 2.26. The van der Waals surface area contributed by atoms with E-state index in [1.807, 2.05) is 12.4 Å². The van der Waals surface area contributed by atoms with Gasteiger partial charge in [-0.25, -0.2) is 0 Å². The number of pyridine rings is 1. The molecule has 0 atom stereocenters. The number of nitrogens with zero attached hydrogens (tertiary/aromatic N) is 1. The number of hydrogen-bond acceptors (Lipinski definition) is 2. The quantitative estimate of drug-likeness (QED) is 0.898. The van der Waals surface area contributed by atoms with Gasteiger partial charge in [0.15, 0.2) is 0 Å². The molecule has 0 radical (unpaired) electrons. The largest absolute Gasteiger partial charge is 0.313 e. The SMILES string of the molecule is CCNCc1cncc(-c2cc(C)c(C)cc2C)c1. The first-order chi connectivity index (χ1) is 9.11. The molecular formula is C17H22N2. The second-order valence-corrected chi connectivity index (χ2v) is 5.11. The van der Waals surface area contributed by atoms with Crippen LogP contribution in [0.5, 0.6) is 0 Å². The maximum atomic E-state index is 4.37. The fraction of sp³-hybridized carbons (Fsp3) is 0.353. The highest BCUT2D eigenvalue weighted by molar-refractivity contribution is 5.68. The highest BCUT2D eigenvalue weighted by atomic mass is 14.8. The van der Waals surface area contributed by atoms with Crippen LogP contribution in [0.15, 0.2) is 30.6 Å². The van der Waals surface area contributed by atoms with E-state index in [1.165, 1.54) is 33.4 Å². The molecule has 19 heavy (non-hydrogen) atoms.